The molecule has 0 aliphatic rings. The number of amides is 2. The Bertz CT molecular complexity index is 1790. The highest BCUT2D eigenvalue weighted by Gasteiger charge is 2.35. The Kier molecular flexibility index (Phi) is 12.7. The van der Waals surface area contributed by atoms with E-state index in [4.69, 9.17) is 27.9 Å². The molecule has 1 atom stereocenters. The van der Waals surface area contributed by atoms with Gasteiger partial charge in [0.25, 0.3) is 10.0 Å². The molecule has 0 fully saturated rings. The third kappa shape index (κ3) is 9.07. The number of halogens is 3. The molecule has 0 radical (unpaired) electrons. The summed E-state index contributed by atoms with van der Waals surface area (Å²) in [5.74, 6) is -0.548. The van der Waals surface area contributed by atoms with Gasteiger partial charge in [0.15, 0.2) is 0 Å². The van der Waals surface area contributed by atoms with Crippen molar-refractivity contribution in [3.63, 3.8) is 0 Å². The second kappa shape index (κ2) is 16.5. The molecule has 8 nitrogen and oxygen atoms in total. The zero-order valence-electron chi connectivity index (χ0n) is 26.3. The van der Waals surface area contributed by atoms with E-state index in [1.165, 1.54) is 30.2 Å². The Labute approximate surface area is 294 Å². The van der Waals surface area contributed by atoms with E-state index in [0.717, 1.165) is 15.4 Å². The molecule has 0 saturated carbocycles. The van der Waals surface area contributed by atoms with E-state index in [1.54, 1.807) is 42.5 Å². The number of benzene rings is 4. The number of nitrogens with one attached hydrogen (secondary N) is 1. The van der Waals surface area contributed by atoms with Crippen LogP contribution in [0.2, 0.25) is 10.0 Å². The molecule has 12 heteroatoms. The fourth-order valence-electron chi connectivity index (χ4n) is 4.95. The van der Waals surface area contributed by atoms with Crippen molar-refractivity contribution in [1.82, 2.24) is 10.2 Å². The fraction of sp³-hybridized carbons (Fsp3) is 0.257. The molecule has 0 bridgehead atoms. The number of nitrogens with zero attached hydrogens (tertiary/aromatic N) is 2. The van der Waals surface area contributed by atoms with E-state index in [1.807, 2.05) is 44.2 Å². The monoisotopic (exact) mass is 759 g/mol. The molecule has 0 unspecified atom stereocenters. The van der Waals surface area contributed by atoms with Gasteiger partial charge in [-0.25, -0.2) is 8.42 Å². The Balaban J connectivity index is 1.84. The number of hydrogen-bond donors (Lipinski definition) is 1. The summed E-state index contributed by atoms with van der Waals surface area (Å²) in [7, 11) is -2.82. The van der Waals surface area contributed by atoms with Crippen molar-refractivity contribution in [3.05, 3.63) is 122 Å². The zero-order valence-corrected chi connectivity index (χ0v) is 30.2. The summed E-state index contributed by atoms with van der Waals surface area (Å²) in [6, 6.07) is 24.5. The molecular formula is C35H36BrCl2N3O5S. The number of methoxy groups -OCH3 is 1. The van der Waals surface area contributed by atoms with Crippen LogP contribution in [-0.4, -0.2) is 51.4 Å². The molecule has 248 valence electrons. The van der Waals surface area contributed by atoms with E-state index < -0.39 is 28.5 Å². The first-order valence-electron chi connectivity index (χ1n) is 14.9. The molecule has 2 amide bonds. The van der Waals surface area contributed by atoms with Crippen LogP contribution >= 0.6 is 39.1 Å². The van der Waals surface area contributed by atoms with Crippen LogP contribution in [0.25, 0.3) is 0 Å². The van der Waals surface area contributed by atoms with Crippen LogP contribution in [0.1, 0.15) is 30.0 Å². The van der Waals surface area contributed by atoms with Crippen LogP contribution in [-0.2, 0) is 32.6 Å². The lowest BCUT2D eigenvalue weighted by Gasteiger charge is -2.34. The highest BCUT2D eigenvalue weighted by atomic mass is 79.9. The lowest BCUT2D eigenvalue weighted by Crippen LogP contribution is -2.53. The Morgan fingerprint density at radius 1 is 0.936 bits per heavy atom. The Morgan fingerprint density at radius 2 is 1.60 bits per heavy atom. The summed E-state index contributed by atoms with van der Waals surface area (Å²) in [4.78, 5) is 29.7. The van der Waals surface area contributed by atoms with Crippen LogP contribution in [0.3, 0.4) is 0 Å². The number of ether oxygens (including phenoxy) is 1. The second-order valence-corrected chi connectivity index (χ2v) is 14.4. The molecule has 4 rings (SSSR count). The predicted molar refractivity (Wildman–Crippen MR) is 191 cm³/mol. The quantitative estimate of drug-likeness (QED) is 0.144. The number of aryl methyl sites for hydroxylation is 1. The molecule has 0 aromatic heterocycles. The standard InChI is InChI=1S/C35H36BrCl2N3O5S/c1-4-19-39-35(43)32(20-25-9-6-5-7-10-25)40(22-28-30(37)11-8-12-31(28)38)34(42)23-41(26-15-13-24(2)14-16-26)47(44,45)27-17-18-33(46-3)29(36)21-27/h5-18,21,32H,4,19-20,22-23H2,1-3H3,(H,39,43)/t32-/m0/s1. The van der Waals surface area contributed by atoms with Crippen molar-refractivity contribution in [2.75, 3.05) is 24.5 Å². The van der Waals surface area contributed by atoms with Gasteiger partial charge in [-0.15, -0.1) is 0 Å². The Morgan fingerprint density at radius 3 is 2.19 bits per heavy atom. The van der Waals surface area contributed by atoms with Crippen molar-refractivity contribution < 1.29 is 22.7 Å². The lowest BCUT2D eigenvalue weighted by molar-refractivity contribution is -0.140. The van der Waals surface area contributed by atoms with Gasteiger partial charge in [0.05, 0.1) is 22.2 Å². The first kappa shape index (κ1) is 36.3. The van der Waals surface area contributed by atoms with E-state index >= 15 is 0 Å². The van der Waals surface area contributed by atoms with Crippen molar-refractivity contribution in [2.45, 2.75) is 44.2 Å². The third-order valence-electron chi connectivity index (χ3n) is 7.52. The molecule has 0 heterocycles. The van der Waals surface area contributed by atoms with Crippen molar-refractivity contribution in [2.24, 2.45) is 0 Å². The number of rotatable bonds is 14. The molecule has 0 spiro atoms. The smallest absolute Gasteiger partial charge is 0.264 e. The molecule has 1 N–H and O–H groups in total. The fourth-order valence-corrected chi connectivity index (χ4v) is 7.60. The summed E-state index contributed by atoms with van der Waals surface area (Å²) in [5.41, 5.74) is 2.45. The van der Waals surface area contributed by atoms with Crippen LogP contribution in [0.4, 0.5) is 5.69 Å². The number of anilines is 1. The van der Waals surface area contributed by atoms with E-state index in [9.17, 15) is 18.0 Å². The van der Waals surface area contributed by atoms with Crippen molar-refractivity contribution in [1.29, 1.82) is 0 Å². The van der Waals surface area contributed by atoms with Gasteiger partial charge in [0.1, 0.15) is 18.3 Å². The summed E-state index contributed by atoms with van der Waals surface area (Å²) in [6.07, 6.45) is 0.859. The average molecular weight is 762 g/mol. The van der Waals surface area contributed by atoms with E-state index in [-0.39, 0.29) is 29.5 Å². The maximum absolute atomic E-state index is 14.6. The van der Waals surface area contributed by atoms with Crippen molar-refractivity contribution >= 4 is 66.7 Å². The van der Waals surface area contributed by atoms with Gasteiger partial charge in [-0.05, 0) is 77.3 Å². The van der Waals surface area contributed by atoms with Gasteiger partial charge >= 0.3 is 0 Å². The highest BCUT2D eigenvalue weighted by molar-refractivity contribution is 9.10. The van der Waals surface area contributed by atoms with Gasteiger partial charge in [0.2, 0.25) is 11.8 Å². The van der Waals surface area contributed by atoms with Crippen LogP contribution in [0, 0.1) is 6.92 Å². The molecule has 0 saturated heterocycles. The molecule has 0 aliphatic heterocycles. The van der Waals surface area contributed by atoms with Gasteiger partial charge < -0.3 is 15.0 Å². The minimum Gasteiger partial charge on any atom is -0.496 e. The number of sulfonamides is 1. The summed E-state index contributed by atoms with van der Waals surface area (Å²) < 4.78 is 35.4. The molecule has 47 heavy (non-hydrogen) atoms. The summed E-state index contributed by atoms with van der Waals surface area (Å²) in [5, 5.41) is 3.55. The van der Waals surface area contributed by atoms with E-state index in [2.05, 4.69) is 21.2 Å². The minimum absolute atomic E-state index is 0.0548. The largest absolute Gasteiger partial charge is 0.496 e. The summed E-state index contributed by atoms with van der Waals surface area (Å²) >= 11 is 16.5. The van der Waals surface area contributed by atoms with Crippen LogP contribution < -0.4 is 14.4 Å². The van der Waals surface area contributed by atoms with Crippen LogP contribution in [0.5, 0.6) is 5.75 Å². The minimum atomic E-state index is -4.30. The van der Waals surface area contributed by atoms with Gasteiger partial charge in [0, 0.05) is 35.1 Å². The van der Waals surface area contributed by atoms with E-state index in [0.29, 0.717) is 38.8 Å². The first-order chi connectivity index (χ1) is 22.5. The van der Waals surface area contributed by atoms with Gasteiger partial charge in [-0.2, -0.15) is 0 Å². The highest BCUT2D eigenvalue weighted by Crippen LogP contribution is 2.32. The van der Waals surface area contributed by atoms with Crippen LogP contribution in [0.15, 0.2) is 100 Å². The molecule has 0 aliphatic carbocycles. The normalized spacial score (nSPS) is 11.9. The van der Waals surface area contributed by atoms with Gasteiger partial charge in [-0.1, -0.05) is 84.2 Å². The molecule has 4 aromatic rings. The average Bonchev–Trinajstić information content (AvgIpc) is 3.06. The second-order valence-electron chi connectivity index (χ2n) is 10.9. The maximum Gasteiger partial charge on any atom is 0.264 e. The maximum atomic E-state index is 14.6. The number of hydrogen-bond acceptors (Lipinski definition) is 5. The SMILES string of the molecule is CCCNC(=O)[C@H](Cc1ccccc1)N(Cc1c(Cl)cccc1Cl)C(=O)CN(c1ccc(C)cc1)S(=O)(=O)c1ccc(OC)c(Br)c1. The predicted octanol–water partition coefficient (Wildman–Crippen LogP) is 7.43. The molecular weight excluding hydrogens is 725 g/mol. The first-order valence-corrected chi connectivity index (χ1v) is 17.9. The number of carbonyl (C=O) groups is 2. The summed E-state index contributed by atoms with van der Waals surface area (Å²) in [6.45, 7) is 3.47. The van der Waals surface area contributed by atoms with Gasteiger partial charge in [-0.3, -0.25) is 13.9 Å². The molecule has 4 aromatic carbocycles. The third-order valence-corrected chi connectivity index (χ3v) is 10.6. The van der Waals surface area contributed by atoms with Crippen molar-refractivity contribution in [3.8, 4) is 5.75 Å². The Hall–Kier alpha value is -3.57. The zero-order chi connectivity index (χ0) is 34.1. The number of carbonyl (C=O) groups excluding carboxylic acids is 2. The topological polar surface area (TPSA) is 96.0 Å². The lowest BCUT2D eigenvalue weighted by atomic mass is 10.0.